The van der Waals surface area contributed by atoms with E-state index in [1.807, 2.05) is 39.8 Å². The number of ether oxygens (including phenoxy) is 1. The third-order valence-corrected chi connectivity index (χ3v) is 5.27. The van der Waals surface area contributed by atoms with Gasteiger partial charge in [0.25, 0.3) is 11.5 Å². The lowest BCUT2D eigenvalue weighted by Gasteiger charge is -2.27. The van der Waals surface area contributed by atoms with Crippen LogP contribution in [0.3, 0.4) is 0 Å². The highest BCUT2D eigenvalue weighted by atomic mass is 16.5. The van der Waals surface area contributed by atoms with Gasteiger partial charge in [-0.2, -0.15) is 0 Å². The first-order valence-electron chi connectivity index (χ1n) is 9.91. The second-order valence-electron chi connectivity index (χ2n) is 7.47. The van der Waals surface area contributed by atoms with E-state index < -0.39 is 0 Å². The van der Waals surface area contributed by atoms with Crippen LogP contribution in [-0.4, -0.2) is 23.5 Å². The molecule has 1 amide bonds. The molecule has 0 bridgehead atoms. The highest BCUT2D eigenvalue weighted by Gasteiger charge is 2.21. The van der Waals surface area contributed by atoms with Crippen LogP contribution in [0.15, 0.2) is 23.0 Å². The molecule has 6 nitrogen and oxygen atoms in total. The van der Waals surface area contributed by atoms with Crippen molar-refractivity contribution in [2.75, 3.05) is 11.9 Å². The van der Waals surface area contributed by atoms with Crippen LogP contribution in [-0.2, 0) is 6.54 Å². The topological polar surface area (TPSA) is 83.2 Å². The van der Waals surface area contributed by atoms with Crippen LogP contribution in [0.1, 0.15) is 58.9 Å². The molecule has 28 heavy (non-hydrogen) atoms. The van der Waals surface area contributed by atoms with E-state index in [1.54, 1.807) is 6.07 Å². The summed E-state index contributed by atoms with van der Waals surface area (Å²) < 4.78 is 6.02. The Morgan fingerprint density at radius 1 is 1.21 bits per heavy atom. The van der Waals surface area contributed by atoms with Crippen LogP contribution in [0.25, 0.3) is 0 Å². The molecule has 1 aliphatic rings. The van der Waals surface area contributed by atoms with Crippen molar-refractivity contribution in [1.82, 2.24) is 10.3 Å². The molecule has 0 saturated heterocycles. The zero-order chi connectivity index (χ0) is 20.3. The van der Waals surface area contributed by atoms with Gasteiger partial charge >= 0.3 is 0 Å². The molecule has 0 atom stereocenters. The van der Waals surface area contributed by atoms with Gasteiger partial charge < -0.3 is 20.4 Å². The number of carbonyl (C=O) groups is 1. The van der Waals surface area contributed by atoms with Gasteiger partial charge in [0.2, 0.25) is 0 Å². The van der Waals surface area contributed by atoms with Gasteiger partial charge in [-0.15, -0.1) is 0 Å². The largest absolute Gasteiger partial charge is 0.490 e. The first-order valence-corrected chi connectivity index (χ1v) is 9.91. The summed E-state index contributed by atoms with van der Waals surface area (Å²) in [5.74, 6) is 0.496. The molecule has 2 aromatic rings. The van der Waals surface area contributed by atoms with E-state index in [-0.39, 0.29) is 24.1 Å². The predicted molar refractivity (Wildman–Crippen MR) is 111 cm³/mol. The van der Waals surface area contributed by atoms with Crippen molar-refractivity contribution in [3.05, 3.63) is 56.5 Å². The fourth-order valence-electron chi connectivity index (χ4n) is 3.41. The number of H-pyrrole nitrogens is 1. The summed E-state index contributed by atoms with van der Waals surface area (Å²) in [5, 5.41) is 6.20. The van der Waals surface area contributed by atoms with Gasteiger partial charge in [0.1, 0.15) is 5.75 Å². The Hall–Kier alpha value is -2.76. The number of nitrogens with one attached hydrogen (secondary N) is 3. The molecule has 0 radical (unpaired) electrons. The molecule has 6 heteroatoms. The Kier molecular flexibility index (Phi) is 6.07. The van der Waals surface area contributed by atoms with Gasteiger partial charge in [0.15, 0.2) is 0 Å². The van der Waals surface area contributed by atoms with Crippen LogP contribution in [0.5, 0.6) is 5.75 Å². The second-order valence-corrected chi connectivity index (χ2v) is 7.47. The smallest absolute Gasteiger partial charge is 0.253 e. The maximum Gasteiger partial charge on any atom is 0.253 e. The number of aromatic nitrogens is 1. The molecule has 0 aliphatic heterocycles. The molecule has 1 fully saturated rings. The molecule has 1 heterocycles. The van der Waals surface area contributed by atoms with Crippen LogP contribution in [0.4, 0.5) is 5.69 Å². The van der Waals surface area contributed by atoms with E-state index in [2.05, 4.69) is 15.6 Å². The maximum absolute atomic E-state index is 12.9. The number of benzene rings is 1. The molecule has 3 N–H and O–H groups in total. The molecular formula is C22H29N3O3. The number of anilines is 1. The molecule has 0 unspecified atom stereocenters. The lowest BCUT2D eigenvalue weighted by molar-refractivity contribution is 0.0947. The zero-order valence-corrected chi connectivity index (χ0v) is 17.1. The number of pyridine rings is 1. The number of amides is 1. The lowest BCUT2D eigenvalue weighted by Crippen LogP contribution is -2.29. The summed E-state index contributed by atoms with van der Waals surface area (Å²) in [6.45, 7) is 8.60. The van der Waals surface area contributed by atoms with E-state index in [0.29, 0.717) is 16.9 Å². The minimum atomic E-state index is -0.213. The van der Waals surface area contributed by atoms with Gasteiger partial charge in [-0.3, -0.25) is 9.59 Å². The molecule has 1 aliphatic carbocycles. The number of aromatic amines is 1. The molecule has 1 saturated carbocycles. The number of hydrogen-bond donors (Lipinski definition) is 3. The quantitative estimate of drug-likeness (QED) is 0.682. The Labute approximate surface area is 165 Å². The van der Waals surface area contributed by atoms with Crippen molar-refractivity contribution in [2.45, 2.75) is 59.6 Å². The van der Waals surface area contributed by atoms with E-state index in [9.17, 15) is 9.59 Å². The summed E-state index contributed by atoms with van der Waals surface area (Å²) in [4.78, 5) is 27.9. The predicted octanol–water partition coefficient (Wildman–Crippen LogP) is 3.59. The summed E-state index contributed by atoms with van der Waals surface area (Å²) in [7, 11) is 0. The average Bonchev–Trinajstić information content (AvgIpc) is 2.59. The minimum absolute atomic E-state index is 0.162. The SMILES string of the molecule is CCNc1cc(OC2CCC2)cc(C(=O)NCc2c(C)cc(C)[nH]c2=O)c1C. The van der Waals surface area contributed by atoms with Crippen LogP contribution in [0.2, 0.25) is 0 Å². The monoisotopic (exact) mass is 383 g/mol. The third kappa shape index (κ3) is 4.38. The van der Waals surface area contributed by atoms with Crippen LogP contribution >= 0.6 is 0 Å². The summed E-state index contributed by atoms with van der Waals surface area (Å²) in [6, 6.07) is 5.67. The summed E-state index contributed by atoms with van der Waals surface area (Å²) in [5.41, 5.74) is 4.42. The number of carbonyl (C=O) groups excluding carboxylic acids is 1. The van der Waals surface area contributed by atoms with Crippen molar-refractivity contribution in [1.29, 1.82) is 0 Å². The third-order valence-electron chi connectivity index (χ3n) is 5.27. The van der Waals surface area contributed by atoms with Crippen molar-refractivity contribution in [3.63, 3.8) is 0 Å². The summed E-state index contributed by atoms with van der Waals surface area (Å²) in [6.07, 6.45) is 3.54. The van der Waals surface area contributed by atoms with Gasteiger partial charge in [0.05, 0.1) is 6.10 Å². The maximum atomic E-state index is 12.9. The first-order chi connectivity index (χ1) is 13.4. The Bertz CT molecular complexity index is 929. The second kappa shape index (κ2) is 8.50. The molecule has 3 rings (SSSR count). The average molecular weight is 383 g/mol. The molecule has 150 valence electrons. The lowest BCUT2D eigenvalue weighted by atomic mass is 9.96. The standard InChI is InChI=1S/C22H29N3O3/c1-5-23-20-11-17(28-16-7-6-8-16)10-18(15(20)4)21(26)24-12-19-13(2)9-14(3)25-22(19)27/h9-11,16,23H,5-8,12H2,1-4H3,(H,24,26)(H,25,27). The Morgan fingerprint density at radius 3 is 2.57 bits per heavy atom. The number of hydrogen-bond acceptors (Lipinski definition) is 4. The van der Waals surface area contributed by atoms with E-state index in [0.717, 1.165) is 41.9 Å². The minimum Gasteiger partial charge on any atom is -0.490 e. The van der Waals surface area contributed by atoms with Crippen molar-refractivity contribution < 1.29 is 9.53 Å². The molecule has 1 aromatic heterocycles. The van der Waals surface area contributed by atoms with Gasteiger partial charge in [-0.05, 0) is 70.2 Å². The fraction of sp³-hybridized carbons (Fsp3) is 0.455. The summed E-state index contributed by atoms with van der Waals surface area (Å²) >= 11 is 0. The van der Waals surface area contributed by atoms with Gasteiger partial charge in [0, 0.05) is 41.7 Å². The van der Waals surface area contributed by atoms with E-state index in [1.165, 1.54) is 6.42 Å². The number of rotatable bonds is 7. The normalized spacial score (nSPS) is 13.7. The van der Waals surface area contributed by atoms with E-state index in [4.69, 9.17) is 4.74 Å². The highest BCUT2D eigenvalue weighted by molar-refractivity contribution is 5.97. The van der Waals surface area contributed by atoms with Gasteiger partial charge in [-0.25, -0.2) is 0 Å². The van der Waals surface area contributed by atoms with Crippen LogP contribution in [0, 0.1) is 20.8 Å². The molecule has 1 aromatic carbocycles. The van der Waals surface area contributed by atoms with E-state index >= 15 is 0 Å². The highest BCUT2D eigenvalue weighted by Crippen LogP contribution is 2.30. The Morgan fingerprint density at radius 2 is 1.96 bits per heavy atom. The van der Waals surface area contributed by atoms with Crippen molar-refractivity contribution >= 4 is 11.6 Å². The zero-order valence-electron chi connectivity index (χ0n) is 17.1. The molecule has 0 spiro atoms. The Balaban J connectivity index is 1.82. The van der Waals surface area contributed by atoms with Gasteiger partial charge in [-0.1, -0.05) is 0 Å². The van der Waals surface area contributed by atoms with Crippen molar-refractivity contribution in [3.8, 4) is 5.75 Å². The first kappa shape index (κ1) is 20.0. The van der Waals surface area contributed by atoms with Crippen molar-refractivity contribution in [2.24, 2.45) is 0 Å². The van der Waals surface area contributed by atoms with Crippen LogP contribution < -0.4 is 20.9 Å². The number of aryl methyl sites for hydroxylation is 2. The molecular weight excluding hydrogens is 354 g/mol. The fourth-order valence-corrected chi connectivity index (χ4v) is 3.41.